The minimum absolute atomic E-state index is 0.202. The van der Waals surface area contributed by atoms with E-state index in [1.165, 1.54) is 0 Å². The molecule has 0 saturated carbocycles. The first-order chi connectivity index (χ1) is 10.8. The fourth-order valence-corrected chi connectivity index (χ4v) is 2.93. The maximum atomic E-state index is 12.1. The second-order valence-corrected chi connectivity index (χ2v) is 5.91. The van der Waals surface area contributed by atoms with Crippen molar-refractivity contribution in [1.29, 1.82) is 0 Å². The summed E-state index contributed by atoms with van der Waals surface area (Å²) in [6, 6.07) is 17.6. The number of thiol groups is 1. The predicted molar refractivity (Wildman–Crippen MR) is 90.3 cm³/mol. The molecule has 0 aromatic heterocycles. The smallest absolute Gasteiger partial charge is 0.223 e. The van der Waals surface area contributed by atoms with Crippen molar-refractivity contribution in [3.05, 3.63) is 60.2 Å². The van der Waals surface area contributed by atoms with Crippen LogP contribution >= 0.6 is 12.6 Å². The molecular weight excluding hydrogens is 294 g/mol. The van der Waals surface area contributed by atoms with Crippen molar-refractivity contribution in [2.75, 3.05) is 12.3 Å². The van der Waals surface area contributed by atoms with Crippen LogP contribution < -0.4 is 4.74 Å². The first-order valence-corrected chi connectivity index (χ1v) is 8.09. The van der Waals surface area contributed by atoms with E-state index in [1.54, 1.807) is 0 Å². The van der Waals surface area contributed by atoms with Gasteiger partial charge in [0.2, 0.25) is 5.91 Å². The van der Waals surface area contributed by atoms with Crippen LogP contribution in [-0.4, -0.2) is 23.1 Å². The van der Waals surface area contributed by atoms with Gasteiger partial charge in [-0.2, -0.15) is 12.6 Å². The van der Waals surface area contributed by atoms with E-state index in [4.69, 9.17) is 4.74 Å². The van der Waals surface area contributed by atoms with Crippen molar-refractivity contribution in [3.63, 3.8) is 0 Å². The molecule has 0 aliphatic carbocycles. The molecule has 1 aliphatic heterocycles. The lowest BCUT2D eigenvalue weighted by atomic mass is 10.1. The Hall–Kier alpha value is -1.94. The molecule has 1 amide bonds. The summed E-state index contributed by atoms with van der Waals surface area (Å²) in [6.07, 6.45) is 0.602. The summed E-state index contributed by atoms with van der Waals surface area (Å²) in [4.78, 5) is 14.0. The standard InChI is InChI=1S/C18H19NO2S/c20-18-10-14(13-22)11-19(18)12-15-6-4-5-9-17(15)21-16-7-2-1-3-8-16/h1-9,14,22H,10-13H2. The number of nitrogens with zero attached hydrogens (tertiary/aromatic N) is 1. The van der Waals surface area contributed by atoms with E-state index in [2.05, 4.69) is 12.6 Å². The SMILES string of the molecule is O=C1CC(CS)CN1Cc1ccccc1Oc1ccccc1. The molecule has 3 rings (SSSR count). The number of carbonyl (C=O) groups is 1. The number of hydrogen-bond acceptors (Lipinski definition) is 3. The van der Waals surface area contributed by atoms with Crippen molar-refractivity contribution in [2.45, 2.75) is 13.0 Å². The fraction of sp³-hybridized carbons (Fsp3) is 0.278. The van der Waals surface area contributed by atoms with Gasteiger partial charge in [0.1, 0.15) is 11.5 Å². The van der Waals surface area contributed by atoms with Gasteiger partial charge in [0.25, 0.3) is 0 Å². The zero-order chi connectivity index (χ0) is 15.4. The lowest BCUT2D eigenvalue weighted by Crippen LogP contribution is -2.25. The number of ether oxygens (including phenoxy) is 1. The number of para-hydroxylation sites is 2. The van der Waals surface area contributed by atoms with Crippen LogP contribution in [0.2, 0.25) is 0 Å². The van der Waals surface area contributed by atoms with E-state index in [0.717, 1.165) is 29.4 Å². The summed E-state index contributed by atoms with van der Waals surface area (Å²) in [5.74, 6) is 2.92. The molecule has 1 aliphatic rings. The highest BCUT2D eigenvalue weighted by Gasteiger charge is 2.29. The Bertz CT molecular complexity index is 645. The van der Waals surface area contributed by atoms with Gasteiger partial charge in [-0.3, -0.25) is 4.79 Å². The van der Waals surface area contributed by atoms with Crippen LogP contribution in [0.3, 0.4) is 0 Å². The normalized spacial score (nSPS) is 17.8. The van der Waals surface area contributed by atoms with Gasteiger partial charge >= 0.3 is 0 Å². The molecule has 0 spiro atoms. The van der Waals surface area contributed by atoms with Crippen molar-refractivity contribution in [1.82, 2.24) is 4.90 Å². The molecule has 22 heavy (non-hydrogen) atoms. The summed E-state index contributed by atoms with van der Waals surface area (Å²) in [7, 11) is 0. The third-order valence-corrected chi connectivity index (χ3v) is 4.37. The lowest BCUT2D eigenvalue weighted by molar-refractivity contribution is -0.128. The maximum absolute atomic E-state index is 12.1. The van der Waals surface area contributed by atoms with Crippen LogP contribution in [0.1, 0.15) is 12.0 Å². The third kappa shape index (κ3) is 3.45. The summed E-state index contributed by atoms with van der Waals surface area (Å²) in [6.45, 7) is 1.37. The number of rotatable bonds is 5. The van der Waals surface area contributed by atoms with Gasteiger partial charge in [0.15, 0.2) is 0 Å². The molecule has 0 radical (unpaired) electrons. The van der Waals surface area contributed by atoms with Crippen LogP contribution in [0.4, 0.5) is 0 Å². The third-order valence-electron chi connectivity index (χ3n) is 3.86. The molecule has 114 valence electrons. The van der Waals surface area contributed by atoms with Gasteiger partial charge in [0.05, 0.1) is 0 Å². The number of carbonyl (C=O) groups excluding carboxylic acids is 1. The minimum atomic E-state index is 0.202. The maximum Gasteiger partial charge on any atom is 0.223 e. The second-order valence-electron chi connectivity index (χ2n) is 5.55. The van der Waals surface area contributed by atoms with Gasteiger partial charge in [0, 0.05) is 25.1 Å². The van der Waals surface area contributed by atoms with Crippen LogP contribution in [0.25, 0.3) is 0 Å². The average molecular weight is 313 g/mol. The first-order valence-electron chi connectivity index (χ1n) is 7.45. The van der Waals surface area contributed by atoms with Crippen LogP contribution in [-0.2, 0) is 11.3 Å². The van der Waals surface area contributed by atoms with Crippen LogP contribution in [0, 0.1) is 5.92 Å². The first kappa shape index (κ1) is 15.0. The Balaban J connectivity index is 1.76. The van der Waals surface area contributed by atoms with Gasteiger partial charge in [-0.25, -0.2) is 0 Å². The molecule has 3 nitrogen and oxygen atoms in total. The van der Waals surface area contributed by atoms with Crippen LogP contribution in [0.15, 0.2) is 54.6 Å². The lowest BCUT2D eigenvalue weighted by Gasteiger charge is -2.19. The molecule has 2 aromatic rings. The van der Waals surface area contributed by atoms with Crippen molar-refractivity contribution in [2.24, 2.45) is 5.92 Å². The highest BCUT2D eigenvalue weighted by molar-refractivity contribution is 7.80. The number of likely N-dealkylation sites (tertiary alicyclic amines) is 1. The summed E-state index contributed by atoms with van der Waals surface area (Å²) in [5, 5.41) is 0. The van der Waals surface area contributed by atoms with Crippen molar-refractivity contribution in [3.8, 4) is 11.5 Å². The Labute approximate surface area is 136 Å². The Morgan fingerprint density at radius 3 is 2.55 bits per heavy atom. The summed E-state index contributed by atoms with van der Waals surface area (Å²) >= 11 is 4.31. The van der Waals surface area contributed by atoms with E-state index in [9.17, 15) is 4.79 Å². The van der Waals surface area contributed by atoms with E-state index >= 15 is 0 Å². The number of amides is 1. The van der Waals surface area contributed by atoms with Gasteiger partial charge in [-0.1, -0.05) is 36.4 Å². The minimum Gasteiger partial charge on any atom is -0.457 e. The molecule has 0 bridgehead atoms. The number of hydrogen-bond donors (Lipinski definition) is 1. The topological polar surface area (TPSA) is 29.5 Å². The Morgan fingerprint density at radius 1 is 1.09 bits per heavy atom. The Kier molecular flexibility index (Phi) is 4.68. The molecule has 1 atom stereocenters. The van der Waals surface area contributed by atoms with Crippen molar-refractivity contribution >= 4 is 18.5 Å². The monoisotopic (exact) mass is 313 g/mol. The highest BCUT2D eigenvalue weighted by Crippen LogP contribution is 2.28. The summed E-state index contributed by atoms with van der Waals surface area (Å²) in [5.41, 5.74) is 1.03. The van der Waals surface area contributed by atoms with Gasteiger partial charge < -0.3 is 9.64 Å². The summed E-state index contributed by atoms with van der Waals surface area (Å²) < 4.78 is 5.96. The largest absolute Gasteiger partial charge is 0.457 e. The second kappa shape index (κ2) is 6.88. The molecule has 4 heteroatoms. The van der Waals surface area contributed by atoms with Gasteiger partial charge in [-0.05, 0) is 29.9 Å². The van der Waals surface area contributed by atoms with Gasteiger partial charge in [-0.15, -0.1) is 0 Å². The molecule has 1 heterocycles. The van der Waals surface area contributed by atoms with Crippen molar-refractivity contribution < 1.29 is 9.53 Å². The van der Waals surface area contributed by atoms with E-state index in [0.29, 0.717) is 18.9 Å². The predicted octanol–water partition coefficient (Wildman–Crippen LogP) is 3.76. The zero-order valence-electron chi connectivity index (χ0n) is 12.3. The molecule has 1 unspecified atom stereocenters. The van der Waals surface area contributed by atoms with E-state index in [-0.39, 0.29) is 5.91 Å². The van der Waals surface area contributed by atoms with Crippen LogP contribution in [0.5, 0.6) is 11.5 Å². The zero-order valence-corrected chi connectivity index (χ0v) is 13.2. The highest BCUT2D eigenvalue weighted by atomic mass is 32.1. The molecule has 1 fully saturated rings. The quantitative estimate of drug-likeness (QED) is 0.852. The van der Waals surface area contributed by atoms with E-state index < -0.39 is 0 Å². The number of benzene rings is 2. The molecule has 0 N–H and O–H groups in total. The Morgan fingerprint density at radius 2 is 1.82 bits per heavy atom. The molecule has 2 aromatic carbocycles. The fourth-order valence-electron chi connectivity index (χ4n) is 2.68. The van der Waals surface area contributed by atoms with E-state index in [1.807, 2.05) is 59.5 Å². The average Bonchev–Trinajstić information content (AvgIpc) is 2.90. The molecular formula is C18H19NO2S. The molecule has 1 saturated heterocycles.